The van der Waals surface area contributed by atoms with E-state index in [0.717, 1.165) is 24.0 Å². The molecule has 0 aromatic rings. The zero-order valence-corrected chi connectivity index (χ0v) is 20.0. The number of allylic oxidation sites excluding steroid dienone is 1. The fourth-order valence-corrected chi connectivity index (χ4v) is 5.17. The van der Waals surface area contributed by atoms with Crippen LogP contribution in [0.3, 0.4) is 0 Å². The first-order chi connectivity index (χ1) is 12.7. The summed E-state index contributed by atoms with van der Waals surface area (Å²) in [7, 11) is -1.89. The van der Waals surface area contributed by atoms with Gasteiger partial charge in [0.1, 0.15) is 6.10 Å². The van der Waals surface area contributed by atoms with Gasteiger partial charge < -0.3 is 9.16 Å². The van der Waals surface area contributed by atoms with Gasteiger partial charge in [-0.1, -0.05) is 47.3 Å². The Balaban J connectivity index is 2.17. The Morgan fingerprint density at radius 3 is 2.46 bits per heavy atom. The summed E-state index contributed by atoms with van der Waals surface area (Å²) in [6, 6.07) is 0. The van der Waals surface area contributed by atoms with E-state index in [1.54, 1.807) is 0 Å². The molecule has 1 fully saturated rings. The van der Waals surface area contributed by atoms with Crippen LogP contribution in [0.2, 0.25) is 18.1 Å². The second-order valence-corrected chi connectivity index (χ2v) is 15.3. The maximum atomic E-state index is 12.9. The number of hydrogen-bond donors (Lipinski definition) is 0. The molecule has 0 unspecified atom stereocenters. The minimum atomic E-state index is -1.89. The normalized spacial score (nSPS) is 31.1. The lowest BCUT2D eigenvalue weighted by atomic mass is 9.56. The lowest BCUT2D eigenvalue weighted by molar-refractivity contribution is -0.152. The number of carbonyl (C=O) groups excluding carboxylic acids is 2. The summed E-state index contributed by atoms with van der Waals surface area (Å²) in [6.07, 6.45) is 4.14. The molecule has 0 aliphatic heterocycles. The van der Waals surface area contributed by atoms with Gasteiger partial charge in [0, 0.05) is 18.9 Å². The van der Waals surface area contributed by atoms with Gasteiger partial charge in [-0.15, -0.1) is 0 Å². The summed E-state index contributed by atoms with van der Waals surface area (Å²) in [6.45, 7) is 21.6. The summed E-state index contributed by atoms with van der Waals surface area (Å²) >= 11 is 0. The molecular formula is C23H38O4Si. The minimum absolute atomic E-state index is 0.0835. The summed E-state index contributed by atoms with van der Waals surface area (Å²) in [5, 5.41) is 0.124. The molecule has 0 bridgehead atoms. The van der Waals surface area contributed by atoms with Gasteiger partial charge in [-0.2, -0.15) is 0 Å². The van der Waals surface area contributed by atoms with Crippen LogP contribution in [0.1, 0.15) is 60.8 Å². The van der Waals surface area contributed by atoms with E-state index in [2.05, 4.69) is 60.4 Å². The van der Waals surface area contributed by atoms with Crippen molar-refractivity contribution in [2.24, 2.45) is 17.3 Å². The maximum absolute atomic E-state index is 12.9. The topological polar surface area (TPSA) is 52.6 Å². The monoisotopic (exact) mass is 406 g/mol. The van der Waals surface area contributed by atoms with E-state index in [1.807, 2.05) is 0 Å². The van der Waals surface area contributed by atoms with Crippen molar-refractivity contribution in [1.29, 1.82) is 0 Å². The van der Waals surface area contributed by atoms with Crippen LogP contribution in [0, 0.1) is 17.3 Å². The van der Waals surface area contributed by atoms with Crippen LogP contribution in [0.15, 0.2) is 23.8 Å². The Morgan fingerprint density at radius 2 is 1.93 bits per heavy atom. The number of esters is 1. The minimum Gasteiger partial charge on any atom is -0.463 e. The molecule has 0 aromatic heterocycles. The van der Waals surface area contributed by atoms with Gasteiger partial charge in [-0.05, 0) is 53.8 Å². The smallest absolute Gasteiger partial charge is 0.302 e. The maximum Gasteiger partial charge on any atom is 0.302 e. The zero-order chi connectivity index (χ0) is 21.5. The average molecular weight is 407 g/mol. The second kappa shape index (κ2) is 7.90. The van der Waals surface area contributed by atoms with Gasteiger partial charge >= 0.3 is 5.97 Å². The molecule has 1 saturated carbocycles. The lowest BCUT2D eigenvalue weighted by Crippen LogP contribution is -2.46. The van der Waals surface area contributed by atoms with Crippen molar-refractivity contribution in [1.82, 2.24) is 0 Å². The Hall–Kier alpha value is -1.20. The van der Waals surface area contributed by atoms with Gasteiger partial charge in [0.15, 0.2) is 14.1 Å². The molecule has 0 aromatic carbocycles. The van der Waals surface area contributed by atoms with Crippen molar-refractivity contribution >= 4 is 20.1 Å². The standard InChI is InChI=1S/C23H38O4Si/c1-15(14-26-28(8,9)22(4,5)6)20-13-23(7)16(2)10-19(27-17(3)24)11-18(23)12-21(20)25/h13,16,18-19H,1,10-12,14H2,2-9H3/t16-,18+,19+,23+/m0/s1. The number of Topliss-reactive ketones (excluding diaryl/α,β-unsaturated/α-hetero) is 1. The molecule has 0 amide bonds. The van der Waals surface area contributed by atoms with Crippen LogP contribution >= 0.6 is 0 Å². The van der Waals surface area contributed by atoms with Crippen molar-refractivity contribution in [2.75, 3.05) is 6.61 Å². The summed E-state index contributed by atoms with van der Waals surface area (Å²) in [5.74, 6) is 0.427. The molecule has 0 radical (unpaired) electrons. The number of carbonyl (C=O) groups is 2. The van der Waals surface area contributed by atoms with E-state index in [4.69, 9.17) is 9.16 Å². The first-order valence-corrected chi connectivity index (χ1v) is 13.3. The molecule has 158 valence electrons. The van der Waals surface area contributed by atoms with E-state index in [1.165, 1.54) is 6.92 Å². The Bertz CT molecular complexity index is 685. The van der Waals surface area contributed by atoms with E-state index < -0.39 is 8.32 Å². The summed E-state index contributed by atoms with van der Waals surface area (Å²) in [5.41, 5.74) is 1.46. The van der Waals surface area contributed by atoms with Crippen LogP contribution in [-0.4, -0.2) is 32.8 Å². The molecule has 2 rings (SSSR count). The fourth-order valence-electron chi connectivity index (χ4n) is 4.20. The number of ketones is 1. The quantitative estimate of drug-likeness (QED) is 0.450. The highest BCUT2D eigenvalue weighted by Crippen LogP contribution is 2.52. The van der Waals surface area contributed by atoms with Crippen molar-refractivity contribution < 1.29 is 18.8 Å². The Morgan fingerprint density at radius 1 is 1.32 bits per heavy atom. The van der Waals surface area contributed by atoms with Crippen LogP contribution in [-0.2, 0) is 18.8 Å². The molecule has 0 heterocycles. The predicted molar refractivity (Wildman–Crippen MR) is 116 cm³/mol. The Labute approximate surface area is 171 Å². The van der Waals surface area contributed by atoms with Crippen LogP contribution < -0.4 is 0 Å². The molecule has 4 atom stereocenters. The van der Waals surface area contributed by atoms with Crippen LogP contribution in [0.5, 0.6) is 0 Å². The molecule has 0 N–H and O–H groups in total. The van der Waals surface area contributed by atoms with Crippen LogP contribution in [0.4, 0.5) is 0 Å². The van der Waals surface area contributed by atoms with Gasteiger partial charge in [-0.25, -0.2) is 0 Å². The van der Waals surface area contributed by atoms with Crippen molar-refractivity contribution in [3.05, 3.63) is 23.8 Å². The third-order valence-electron chi connectivity index (χ3n) is 7.42. The van der Waals surface area contributed by atoms with E-state index in [0.29, 0.717) is 18.9 Å². The fraction of sp³-hybridized carbons (Fsp3) is 0.739. The second-order valence-electron chi connectivity index (χ2n) is 10.5. The van der Waals surface area contributed by atoms with Crippen molar-refractivity contribution in [3.63, 3.8) is 0 Å². The van der Waals surface area contributed by atoms with Gasteiger partial charge in [0.25, 0.3) is 0 Å². The number of hydrogen-bond acceptors (Lipinski definition) is 4. The molecule has 0 saturated heterocycles. The number of fused-ring (bicyclic) bond motifs is 1. The molecule has 5 heteroatoms. The van der Waals surface area contributed by atoms with Gasteiger partial charge in [0.05, 0.1) is 6.61 Å². The molecule has 28 heavy (non-hydrogen) atoms. The predicted octanol–water partition coefficient (Wildman–Crippen LogP) is 5.45. The van der Waals surface area contributed by atoms with Crippen LogP contribution in [0.25, 0.3) is 0 Å². The summed E-state index contributed by atoms with van der Waals surface area (Å²) < 4.78 is 11.8. The Kier molecular flexibility index (Phi) is 6.52. The average Bonchev–Trinajstić information content (AvgIpc) is 2.53. The van der Waals surface area contributed by atoms with E-state index >= 15 is 0 Å². The SMILES string of the molecule is C=C(CO[Si](C)(C)C(C)(C)C)C1=C[C@@]2(C)[C@@H](CC1=O)C[C@H](OC(C)=O)C[C@@H]2C. The van der Waals surface area contributed by atoms with E-state index in [-0.39, 0.29) is 34.2 Å². The van der Waals surface area contributed by atoms with Crippen molar-refractivity contribution in [3.8, 4) is 0 Å². The third-order valence-corrected chi connectivity index (χ3v) is 11.9. The van der Waals surface area contributed by atoms with E-state index in [9.17, 15) is 9.59 Å². The largest absolute Gasteiger partial charge is 0.463 e. The molecule has 4 nitrogen and oxygen atoms in total. The zero-order valence-electron chi connectivity index (χ0n) is 19.0. The number of rotatable bonds is 5. The first kappa shape index (κ1) is 23.1. The third kappa shape index (κ3) is 4.68. The van der Waals surface area contributed by atoms with Crippen molar-refractivity contribution in [2.45, 2.75) is 85.0 Å². The van der Waals surface area contributed by atoms with Gasteiger partial charge in [-0.3, -0.25) is 9.59 Å². The molecule has 0 spiro atoms. The highest BCUT2D eigenvalue weighted by atomic mass is 28.4. The molecular weight excluding hydrogens is 368 g/mol. The highest BCUT2D eigenvalue weighted by Gasteiger charge is 2.48. The molecule has 2 aliphatic carbocycles. The number of ether oxygens (including phenoxy) is 1. The molecule has 2 aliphatic rings. The lowest BCUT2D eigenvalue weighted by Gasteiger charge is -2.49. The summed E-state index contributed by atoms with van der Waals surface area (Å²) in [4.78, 5) is 24.3. The first-order valence-electron chi connectivity index (χ1n) is 10.4. The van der Waals surface area contributed by atoms with Gasteiger partial charge in [0.2, 0.25) is 0 Å². The highest BCUT2D eigenvalue weighted by molar-refractivity contribution is 6.74.